The Hall–Kier alpha value is -1.52. The van der Waals surface area contributed by atoms with Crippen molar-refractivity contribution in [1.29, 1.82) is 0 Å². The molecule has 2 rings (SSSR count). The van der Waals surface area contributed by atoms with Crippen LogP contribution in [0.25, 0.3) is 0 Å². The number of carbonyl (C=O) groups is 1. The molecule has 0 saturated heterocycles. The minimum absolute atomic E-state index is 0.163. The first-order valence-electron chi connectivity index (χ1n) is 5.78. The quantitative estimate of drug-likeness (QED) is 0.861. The minimum Gasteiger partial charge on any atom is -0.364 e. The molecule has 100 valence electrons. The maximum atomic E-state index is 11.8. The molecular weight excluding hydrogens is 287 g/mol. The number of hydrogen-bond donors (Lipinski definition) is 1. The van der Waals surface area contributed by atoms with Crippen molar-refractivity contribution < 1.29 is 9.32 Å². The van der Waals surface area contributed by atoms with Crippen LogP contribution in [0.3, 0.4) is 0 Å². The zero-order valence-electron chi connectivity index (χ0n) is 10.0. The Morgan fingerprint density at radius 2 is 2.16 bits per heavy atom. The summed E-state index contributed by atoms with van der Waals surface area (Å²) < 4.78 is 4.72. The Morgan fingerprint density at radius 1 is 1.32 bits per heavy atom. The highest BCUT2D eigenvalue weighted by atomic mass is 35.5. The predicted octanol–water partition coefficient (Wildman–Crippen LogP) is 3.34. The molecular formula is C13H12Cl2N2O2. The summed E-state index contributed by atoms with van der Waals surface area (Å²) in [5.74, 6) is -0.163. The molecule has 4 nitrogen and oxygen atoms in total. The third-order valence-electron chi connectivity index (χ3n) is 2.59. The van der Waals surface area contributed by atoms with Gasteiger partial charge in [-0.3, -0.25) is 4.79 Å². The van der Waals surface area contributed by atoms with Crippen LogP contribution in [0.1, 0.15) is 22.3 Å². The average molecular weight is 299 g/mol. The maximum Gasteiger partial charge on any atom is 0.251 e. The first-order chi connectivity index (χ1) is 9.16. The summed E-state index contributed by atoms with van der Waals surface area (Å²) in [5.41, 5.74) is 1.52. The van der Waals surface area contributed by atoms with Crippen LogP contribution in [0, 0.1) is 0 Å². The summed E-state index contributed by atoms with van der Waals surface area (Å²) in [6, 6.07) is 4.80. The van der Waals surface area contributed by atoms with Gasteiger partial charge in [0, 0.05) is 17.7 Å². The Morgan fingerprint density at radius 3 is 2.84 bits per heavy atom. The van der Waals surface area contributed by atoms with Gasteiger partial charge in [0.25, 0.3) is 5.91 Å². The summed E-state index contributed by atoms with van der Waals surface area (Å²) in [6.07, 6.45) is 4.89. The van der Waals surface area contributed by atoms with Crippen molar-refractivity contribution in [2.24, 2.45) is 0 Å². The van der Waals surface area contributed by atoms with Crippen LogP contribution in [0.15, 0.2) is 35.2 Å². The fourth-order valence-electron chi connectivity index (χ4n) is 1.58. The number of carbonyl (C=O) groups excluding carboxylic acids is 1. The van der Waals surface area contributed by atoms with Gasteiger partial charge < -0.3 is 9.84 Å². The normalized spacial score (nSPS) is 10.4. The average Bonchev–Trinajstić information content (AvgIpc) is 2.91. The van der Waals surface area contributed by atoms with E-state index in [-0.39, 0.29) is 5.91 Å². The lowest BCUT2D eigenvalue weighted by molar-refractivity contribution is 0.0953. The van der Waals surface area contributed by atoms with E-state index in [0.29, 0.717) is 22.2 Å². The molecule has 1 aromatic carbocycles. The summed E-state index contributed by atoms with van der Waals surface area (Å²) in [5, 5.41) is 7.24. The molecule has 1 amide bonds. The number of nitrogens with one attached hydrogen (secondary N) is 1. The van der Waals surface area contributed by atoms with Gasteiger partial charge in [-0.2, -0.15) is 0 Å². The van der Waals surface area contributed by atoms with Gasteiger partial charge >= 0.3 is 0 Å². The highest BCUT2D eigenvalue weighted by molar-refractivity contribution is 6.42. The molecule has 0 radical (unpaired) electrons. The summed E-state index contributed by atoms with van der Waals surface area (Å²) in [6.45, 7) is 0.574. The largest absolute Gasteiger partial charge is 0.364 e. The highest BCUT2D eigenvalue weighted by Gasteiger charge is 2.07. The van der Waals surface area contributed by atoms with Gasteiger partial charge in [0.05, 0.1) is 16.2 Å². The molecule has 0 fully saturated rings. The third kappa shape index (κ3) is 3.98. The molecule has 19 heavy (non-hydrogen) atoms. The zero-order chi connectivity index (χ0) is 13.7. The number of benzene rings is 1. The second kappa shape index (κ2) is 6.59. The number of aryl methyl sites for hydroxylation is 1. The van der Waals surface area contributed by atoms with E-state index in [0.717, 1.165) is 18.4 Å². The molecule has 6 heteroatoms. The number of nitrogens with zero attached hydrogens (tertiary/aromatic N) is 1. The number of rotatable bonds is 5. The monoisotopic (exact) mass is 298 g/mol. The van der Waals surface area contributed by atoms with Gasteiger partial charge in [0.15, 0.2) is 0 Å². The number of aromatic nitrogens is 1. The van der Waals surface area contributed by atoms with E-state index in [4.69, 9.17) is 27.7 Å². The van der Waals surface area contributed by atoms with Gasteiger partial charge in [0.2, 0.25) is 0 Å². The predicted molar refractivity (Wildman–Crippen MR) is 73.6 cm³/mol. The van der Waals surface area contributed by atoms with E-state index in [9.17, 15) is 4.79 Å². The topological polar surface area (TPSA) is 55.1 Å². The van der Waals surface area contributed by atoms with Crippen molar-refractivity contribution in [1.82, 2.24) is 10.5 Å². The van der Waals surface area contributed by atoms with Crippen LogP contribution in [0.2, 0.25) is 10.0 Å². The fourth-order valence-corrected chi connectivity index (χ4v) is 1.88. The molecule has 2 aromatic rings. The number of halogens is 2. The summed E-state index contributed by atoms with van der Waals surface area (Å²) >= 11 is 11.6. The second-order valence-corrected chi connectivity index (χ2v) is 4.84. The van der Waals surface area contributed by atoms with Crippen LogP contribution in [0.4, 0.5) is 0 Å². The molecule has 0 atom stereocenters. The first kappa shape index (κ1) is 13.9. The van der Waals surface area contributed by atoms with E-state index in [1.807, 2.05) is 0 Å². The Bertz CT molecular complexity index is 556. The van der Waals surface area contributed by atoms with Crippen LogP contribution in [-0.2, 0) is 6.42 Å². The van der Waals surface area contributed by atoms with Crippen molar-refractivity contribution in [3.05, 3.63) is 51.8 Å². The Balaban J connectivity index is 1.79. The first-order valence-corrected chi connectivity index (χ1v) is 6.54. The molecule has 0 aliphatic carbocycles. The van der Waals surface area contributed by atoms with E-state index in [1.54, 1.807) is 30.7 Å². The zero-order valence-corrected chi connectivity index (χ0v) is 11.5. The highest BCUT2D eigenvalue weighted by Crippen LogP contribution is 2.22. The molecule has 1 N–H and O–H groups in total. The molecule has 0 saturated carbocycles. The van der Waals surface area contributed by atoms with Gasteiger partial charge in [-0.1, -0.05) is 28.4 Å². The Labute approximate surface area is 120 Å². The van der Waals surface area contributed by atoms with E-state index in [1.165, 1.54) is 0 Å². The molecule has 0 spiro atoms. The molecule has 0 unspecified atom stereocenters. The smallest absolute Gasteiger partial charge is 0.251 e. The minimum atomic E-state index is -0.163. The second-order valence-electron chi connectivity index (χ2n) is 4.02. The standard InChI is InChI=1S/C13H12Cl2N2O2/c14-11-4-3-10(6-12(11)15)13(18)16-5-1-2-9-7-17-19-8-9/h3-4,6-8H,1-2,5H2,(H,16,18). The van der Waals surface area contributed by atoms with Crippen LogP contribution >= 0.6 is 23.2 Å². The van der Waals surface area contributed by atoms with Gasteiger partial charge in [-0.05, 0) is 31.0 Å². The van der Waals surface area contributed by atoms with E-state index >= 15 is 0 Å². The van der Waals surface area contributed by atoms with Crippen molar-refractivity contribution in [3.63, 3.8) is 0 Å². The number of hydrogen-bond acceptors (Lipinski definition) is 3. The van der Waals surface area contributed by atoms with E-state index in [2.05, 4.69) is 10.5 Å². The number of amides is 1. The van der Waals surface area contributed by atoms with Gasteiger partial charge in [-0.15, -0.1) is 0 Å². The molecule has 1 heterocycles. The fraction of sp³-hybridized carbons (Fsp3) is 0.231. The summed E-state index contributed by atoms with van der Waals surface area (Å²) in [7, 11) is 0. The van der Waals surface area contributed by atoms with E-state index < -0.39 is 0 Å². The molecule has 1 aromatic heterocycles. The molecule has 0 aliphatic heterocycles. The molecule has 0 aliphatic rings. The van der Waals surface area contributed by atoms with Crippen molar-refractivity contribution >= 4 is 29.1 Å². The van der Waals surface area contributed by atoms with Crippen LogP contribution < -0.4 is 5.32 Å². The van der Waals surface area contributed by atoms with Gasteiger partial charge in [0.1, 0.15) is 6.26 Å². The SMILES string of the molecule is O=C(NCCCc1cnoc1)c1ccc(Cl)c(Cl)c1. The summed E-state index contributed by atoms with van der Waals surface area (Å²) in [4.78, 5) is 11.8. The van der Waals surface area contributed by atoms with Crippen molar-refractivity contribution in [2.45, 2.75) is 12.8 Å². The third-order valence-corrected chi connectivity index (χ3v) is 3.33. The lowest BCUT2D eigenvalue weighted by Gasteiger charge is -2.05. The van der Waals surface area contributed by atoms with Crippen molar-refractivity contribution in [2.75, 3.05) is 6.54 Å². The van der Waals surface area contributed by atoms with Gasteiger partial charge in [-0.25, -0.2) is 0 Å². The maximum absolute atomic E-state index is 11.8. The van der Waals surface area contributed by atoms with Crippen LogP contribution in [0.5, 0.6) is 0 Å². The lowest BCUT2D eigenvalue weighted by atomic mass is 10.2. The lowest BCUT2D eigenvalue weighted by Crippen LogP contribution is -2.24. The Kier molecular flexibility index (Phi) is 4.82. The molecule has 0 bridgehead atoms. The van der Waals surface area contributed by atoms with Crippen molar-refractivity contribution in [3.8, 4) is 0 Å². The van der Waals surface area contributed by atoms with Crippen LogP contribution in [-0.4, -0.2) is 17.6 Å².